The summed E-state index contributed by atoms with van der Waals surface area (Å²) in [6, 6.07) is 9.79. The summed E-state index contributed by atoms with van der Waals surface area (Å²) in [5.74, 6) is -0.561. The summed E-state index contributed by atoms with van der Waals surface area (Å²) < 4.78 is 40.5. The molecule has 1 fully saturated rings. The first-order valence-electron chi connectivity index (χ1n) is 9.95. The number of hydrogen-bond acceptors (Lipinski definition) is 5. The van der Waals surface area contributed by atoms with Crippen LogP contribution >= 0.6 is 22.9 Å². The van der Waals surface area contributed by atoms with Crippen LogP contribution in [0.2, 0.25) is 5.02 Å². The monoisotopic (exact) mass is 479 g/mol. The maximum absolute atomic E-state index is 13.3. The molecule has 31 heavy (non-hydrogen) atoms. The van der Waals surface area contributed by atoms with E-state index in [0.29, 0.717) is 26.2 Å². The van der Waals surface area contributed by atoms with Crippen molar-refractivity contribution in [2.24, 2.45) is 0 Å². The molecule has 0 N–H and O–H groups in total. The van der Waals surface area contributed by atoms with Crippen molar-refractivity contribution in [2.75, 3.05) is 31.1 Å². The zero-order chi connectivity index (χ0) is 22.2. The van der Waals surface area contributed by atoms with Crippen LogP contribution < -0.4 is 4.90 Å². The van der Waals surface area contributed by atoms with Gasteiger partial charge in [-0.25, -0.2) is 17.8 Å². The maximum Gasteiger partial charge on any atom is 0.244 e. The third kappa shape index (κ3) is 4.77. The van der Waals surface area contributed by atoms with Gasteiger partial charge in [0.1, 0.15) is 10.7 Å². The molecule has 0 amide bonds. The molecule has 1 aliphatic rings. The molecule has 9 heteroatoms. The summed E-state index contributed by atoms with van der Waals surface area (Å²) >= 11 is 7.56. The minimum absolute atomic E-state index is 0.0610. The van der Waals surface area contributed by atoms with Crippen LogP contribution in [0.3, 0.4) is 0 Å². The van der Waals surface area contributed by atoms with Gasteiger partial charge in [0.25, 0.3) is 0 Å². The van der Waals surface area contributed by atoms with Crippen molar-refractivity contribution >= 4 is 38.1 Å². The second-order valence-electron chi connectivity index (χ2n) is 7.69. The van der Waals surface area contributed by atoms with Crippen LogP contribution in [0.1, 0.15) is 22.4 Å². The van der Waals surface area contributed by atoms with Crippen molar-refractivity contribution in [2.45, 2.75) is 25.2 Å². The summed E-state index contributed by atoms with van der Waals surface area (Å²) in [7, 11) is -3.77. The number of thiazole rings is 1. The molecule has 3 aromatic rings. The number of benzene rings is 2. The van der Waals surface area contributed by atoms with Crippen LogP contribution in [0.5, 0.6) is 0 Å². The van der Waals surface area contributed by atoms with Gasteiger partial charge in [0.15, 0.2) is 5.13 Å². The van der Waals surface area contributed by atoms with E-state index in [-0.39, 0.29) is 9.92 Å². The highest BCUT2D eigenvalue weighted by atomic mass is 35.5. The summed E-state index contributed by atoms with van der Waals surface area (Å²) in [6.07, 6.45) is 0.779. The Hall–Kier alpha value is -2.00. The highest BCUT2D eigenvalue weighted by Gasteiger charge is 2.31. The number of rotatable bonds is 5. The molecule has 0 saturated carbocycles. The largest absolute Gasteiger partial charge is 0.345 e. The maximum atomic E-state index is 13.3. The van der Waals surface area contributed by atoms with Crippen molar-refractivity contribution in [3.8, 4) is 0 Å². The van der Waals surface area contributed by atoms with Gasteiger partial charge in [0, 0.05) is 38.0 Å². The average Bonchev–Trinajstić information content (AvgIpc) is 3.19. The molecule has 1 saturated heterocycles. The molecule has 0 spiro atoms. The quantitative estimate of drug-likeness (QED) is 0.534. The fraction of sp³-hybridized carbons (Fsp3) is 0.318. The summed E-state index contributed by atoms with van der Waals surface area (Å²) in [5.41, 5.74) is 4.76. The van der Waals surface area contributed by atoms with Crippen LogP contribution in [0.25, 0.3) is 0 Å². The lowest BCUT2D eigenvalue weighted by atomic mass is 10.0. The minimum atomic E-state index is -3.77. The zero-order valence-corrected chi connectivity index (χ0v) is 19.7. The molecule has 2 aromatic carbocycles. The average molecular weight is 480 g/mol. The summed E-state index contributed by atoms with van der Waals surface area (Å²) in [4.78, 5) is 6.83. The molecular formula is C22H23ClFN3O2S2. The molecule has 0 unspecified atom stereocenters. The van der Waals surface area contributed by atoms with Crippen LogP contribution in [0, 0.1) is 19.7 Å². The number of nitrogens with zero attached hydrogens (tertiary/aromatic N) is 3. The molecule has 0 radical (unpaired) electrons. The van der Waals surface area contributed by atoms with Gasteiger partial charge in [-0.1, -0.05) is 35.4 Å². The Morgan fingerprint density at radius 2 is 1.84 bits per heavy atom. The number of halogens is 2. The minimum Gasteiger partial charge on any atom is -0.345 e. The lowest BCUT2D eigenvalue weighted by molar-refractivity contribution is 0.384. The first-order valence-corrected chi connectivity index (χ1v) is 12.6. The lowest BCUT2D eigenvalue weighted by Crippen LogP contribution is -2.48. The van der Waals surface area contributed by atoms with E-state index >= 15 is 0 Å². The number of sulfonamides is 1. The van der Waals surface area contributed by atoms with Crippen LogP contribution in [0.4, 0.5) is 9.52 Å². The van der Waals surface area contributed by atoms with Gasteiger partial charge in [0.2, 0.25) is 10.0 Å². The van der Waals surface area contributed by atoms with E-state index < -0.39 is 15.8 Å². The Morgan fingerprint density at radius 1 is 1.10 bits per heavy atom. The standard InChI is InChI=1S/C22H23ClFN3O2S2/c1-15-3-4-16(2)17(11-15)12-19-14-30-22(25-19)26-7-9-27(10-8-26)31(28,29)21-6-5-18(24)13-20(21)23/h3-6,11,13-14H,7-10,12H2,1-2H3. The number of anilines is 1. The molecule has 2 heterocycles. The van der Waals surface area contributed by atoms with Gasteiger partial charge >= 0.3 is 0 Å². The summed E-state index contributed by atoms with van der Waals surface area (Å²) in [6.45, 7) is 5.91. The molecule has 1 aliphatic heterocycles. The normalized spacial score (nSPS) is 15.4. The van der Waals surface area contributed by atoms with E-state index in [2.05, 4.69) is 42.3 Å². The van der Waals surface area contributed by atoms with Crippen molar-refractivity contribution in [3.63, 3.8) is 0 Å². The molecular weight excluding hydrogens is 457 g/mol. The molecule has 164 valence electrons. The Bertz CT molecular complexity index is 1210. The van der Waals surface area contributed by atoms with E-state index in [4.69, 9.17) is 16.6 Å². The van der Waals surface area contributed by atoms with E-state index in [1.54, 1.807) is 11.3 Å². The van der Waals surface area contributed by atoms with E-state index in [9.17, 15) is 12.8 Å². The lowest BCUT2D eigenvalue weighted by Gasteiger charge is -2.33. The summed E-state index contributed by atoms with van der Waals surface area (Å²) in [5, 5.41) is 2.87. The number of hydrogen-bond donors (Lipinski definition) is 0. The van der Waals surface area contributed by atoms with E-state index in [1.165, 1.54) is 27.1 Å². The van der Waals surface area contributed by atoms with Gasteiger partial charge in [-0.15, -0.1) is 11.3 Å². The molecule has 0 atom stereocenters. The smallest absolute Gasteiger partial charge is 0.244 e. The van der Waals surface area contributed by atoms with Gasteiger partial charge < -0.3 is 4.90 Å². The zero-order valence-electron chi connectivity index (χ0n) is 17.3. The number of aryl methyl sites for hydroxylation is 2. The topological polar surface area (TPSA) is 53.5 Å². The fourth-order valence-corrected chi connectivity index (χ4v) is 6.46. The number of aromatic nitrogens is 1. The second-order valence-corrected chi connectivity index (χ2v) is 10.8. The van der Waals surface area contributed by atoms with Gasteiger partial charge in [-0.2, -0.15) is 4.31 Å². The van der Waals surface area contributed by atoms with Crippen molar-refractivity contribution in [1.82, 2.24) is 9.29 Å². The third-order valence-corrected chi connectivity index (χ3v) is 8.77. The van der Waals surface area contributed by atoms with Crippen molar-refractivity contribution < 1.29 is 12.8 Å². The molecule has 0 aliphatic carbocycles. The van der Waals surface area contributed by atoms with Crippen LogP contribution in [0.15, 0.2) is 46.7 Å². The Morgan fingerprint density at radius 3 is 2.55 bits per heavy atom. The van der Waals surface area contributed by atoms with Crippen LogP contribution in [-0.4, -0.2) is 43.9 Å². The first kappa shape index (κ1) is 22.2. The van der Waals surface area contributed by atoms with Gasteiger partial charge in [-0.3, -0.25) is 0 Å². The van der Waals surface area contributed by atoms with Gasteiger partial charge in [-0.05, 0) is 43.2 Å². The number of piperazine rings is 1. The SMILES string of the molecule is Cc1ccc(C)c(Cc2csc(N3CCN(S(=O)(=O)c4ccc(F)cc4Cl)CC3)n2)c1. The molecule has 4 rings (SSSR count). The molecule has 1 aromatic heterocycles. The Labute approximate surface area is 191 Å². The van der Waals surface area contributed by atoms with Crippen molar-refractivity contribution in [3.05, 3.63) is 75.0 Å². The predicted molar refractivity (Wildman–Crippen MR) is 123 cm³/mol. The Balaban J connectivity index is 1.43. The van der Waals surface area contributed by atoms with E-state index in [0.717, 1.165) is 29.4 Å². The highest BCUT2D eigenvalue weighted by Crippen LogP contribution is 2.28. The van der Waals surface area contributed by atoms with Crippen LogP contribution in [-0.2, 0) is 16.4 Å². The highest BCUT2D eigenvalue weighted by molar-refractivity contribution is 7.89. The molecule has 0 bridgehead atoms. The second kappa shape index (κ2) is 8.86. The van der Waals surface area contributed by atoms with Gasteiger partial charge in [0.05, 0.1) is 10.7 Å². The first-order chi connectivity index (χ1) is 14.7. The third-order valence-electron chi connectivity index (χ3n) is 5.44. The Kier molecular flexibility index (Phi) is 6.35. The predicted octanol–water partition coefficient (Wildman–Crippen LogP) is 4.65. The molecule has 5 nitrogen and oxygen atoms in total. The fourth-order valence-electron chi connectivity index (χ4n) is 3.65. The van der Waals surface area contributed by atoms with Crippen molar-refractivity contribution in [1.29, 1.82) is 0 Å². The van der Waals surface area contributed by atoms with E-state index in [1.807, 2.05) is 0 Å².